The first kappa shape index (κ1) is 12.4. The first-order valence-electron chi connectivity index (χ1n) is 7.11. The zero-order valence-corrected chi connectivity index (χ0v) is 11.5. The minimum Gasteiger partial charge on any atom is -0.353 e. The van der Waals surface area contributed by atoms with Gasteiger partial charge in [0.1, 0.15) is 11.9 Å². The number of hydrogen-bond donors (Lipinski definition) is 0. The van der Waals surface area contributed by atoms with E-state index < -0.39 is 0 Å². The Bertz CT molecular complexity index is 493. The molecule has 2 aliphatic rings. The Kier molecular flexibility index (Phi) is 3.39. The molecule has 0 aromatic carbocycles. The van der Waals surface area contributed by atoms with Crippen molar-refractivity contribution in [2.75, 3.05) is 37.6 Å². The van der Waals surface area contributed by atoms with Crippen LogP contribution in [0.1, 0.15) is 24.0 Å². The molecule has 0 unspecified atom stereocenters. The van der Waals surface area contributed by atoms with Gasteiger partial charge in [-0.15, -0.1) is 0 Å². The number of rotatable bonds is 3. The number of nitrogens with zero attached hydrogens (tertiary/aromatic N) is 4. The van der Waals surface area contributed by atoms with Crippen LogP contribution in [0, 0.1) is 24.2 Å². The highest BCUT2D eigenvalue weighted by Gasteiger charge is 2.27. The quantitative estimate of drug-likeness (QED) is 0.827. The predicted octanol–water partition coefficient (Wildman–Crippen LogP) is 1.79. The van der Waals surface area contributed by atoms with E-state index in [1.54, 1.807) is 0 Å². The summed E-state index contributed by atoms with van der Waals surface area (Å²) < 4.78 is 0. The van der Waals surface area contributed by atoms with Crippen LogP contribution in [0.2, 0.25) is 0 Å². The highest BCUT2D eigenvalue weighted by molar-refractivity contribution is 5.57. The summed E-state index contributed by atoms with van der Waals surface area (Å²) in [5, 5.41) is 9.28. The predicted molar refractivity (Wildman–Crippen MR) is 75.1 cm³/mol. The van der Waals surface area contributed by atoms with E-state index in [2.05, 4.69) is 20.9 Å². The molecule has 19 heavy (non-hydrogen) atoms. The topological polar surface area (TPSA) is 43.2 Å². The van der Waals surface area contributed by atoms with Crippen molar-refractivity contribution in [3.63, 3.8) is 0 Å². The number of piperazine rings is 1. The number of nitriles is 1. The maximum atomic E-state index is 9.28. The molecule has 0 radical (unpaired) electrons. The number of aryl methyl sites for hydroxylation is 1. The van der Waals surface area contributed by atoms with Gasteiger partial charge in [-0.2, -0.15) is 5.26 Å². The Morgan fingerprint density at radius 1 is 1.32 bits per heavy atom. The maximum Gasteiger partial charge on any atom is 0.146 e. The Morgan fingerprint density at radius 3 is 2.68 bits per heavy atom. The highest BCUT2D eigenvalue weighted by Crippen LogP contribution is 2.30. The van der Waals surface area contributed by atoms with E-state index in [-0.39, 0.29) is 0 Å². The average molecular weight is 256 g/mol. The van der Waals surface area contributed by atoms with Crippen molar-refractivity contribution in [1.82, 2.24) is 9.88 Å². The molecule has 100 valence electrons. The summed E-state index contributed by atoms with van der Waals surface area (Å²) in [6.07, 6.45) is 4.64. The van der Waals surface area contributed by atoms with Crippen LogP contribution in [0.4, 0.5) is 5.82 Å². The zero-order valence-electron chi connectivity index (χ0n) is 11.5. The van der Waals surface area contributed by atoms with Crippen molar-refractivity contribution in [3.8, 4) is 6.07 Å². The number of pyridine rings is 1. The van der Waals surface area contributed by atoms with E-state index in [1.807, 2.05) is 19.2 Å². The molecule has 3 rings (SSSR count). The molecule has 0 N–H and O–H groups in total. The van der Waals surface area contributed by atoms with E-state index in [9.17, 15) is 5.26 Å². The number of aromatic nitrogens is 1. The number of hydrogen-bond acceptors (Lipinski definition) is 4. The van der Waals surface area contributed by atoms with Crippen molar-refractivity contribution >= 4 is 5.82 Å². The molecular formula is C15H20N4. The Hall–Kier alpha value is -1.60. The molecule has 1 saturated heterocycles. The molecule has 2 fully saturated rings. The molecule has 0 atom stereocenters. The molecule has 1 aliphatic carbocycles. The standard InChI is InChI=1S/C15H20N4/c1-12-4-5-17-15(14(12)10-16)19-8-6-18(7-9-19)11-13-2-3-13/h4-5,13H,2-3,6-9,11H2,1H3. The van der Waals surface area contributed by atoms with E-state index >= 15 is 0 Å². The van der Waals surface area contributed by atoms with Gasteiger partial charge in [-0.1, -0.05) is 0 Å². The van der Waals surface area contributed by atoms with Crippen LogP contribution in [0.5, 0.6) is 0 Å². The van der Waals surface area contributed by atoms with Crippen molar-refractivity contribution < 1.29 is 0 Å². The number of anilines is 1. The van der Waals surface area contributed by atoms with Gasteiger partial charge in [-0.25, -0.2) is 4.98 Å². The molecule has 1 saturated carbocycles. The lowest BCUT2D eigenvalue weighted by Gasteiger charge is -2.35. The highest BCUT2D eigenvalue weighted by atomic mass is 15.3. The first-order chi connectivity index (χ1) is 9.28. The van der Waals surface area contributed by atoms with Crippen molar-refractivity contribution in [2.45, 2.75) is 19.8 Å². The summed E-state index contributed by atoms with van der Waals surface area (Å²) >= 11 is 0. The van der Waals surface area contributed by atoms with Crippen LogP contribution in [0.15, 0.2) is 12.3 Å². The van der Waals surface area contributed by atoms with Crippen LogP contribution in [0.25, 0.3) is 0 Å². The molecule has 4 nitrogen and oxygen atoms in total. The summed E-state index contributed by atoms with van der Waals surface area (Å²) in [6.45, 7) is 7.40. The molecule has 0 bridgehead atoms. The average Bonchev–Trinajstić information content (AvgIpc) is 3.23. The summed E-state index contributed by atoms with van der Waals surface area (Å²) in [6, 6.07) is 4.20. The third-order valence-corrected chi connectivity index (χ3v) is 4.14. The van der Waals surface area contributed by atoms with Crippen LogP contribution < -0.4 is 4.90 Å². The lowest BCUT2D eigenvalue weighted by molar-refractivity contribution is 0.247. The van der Waals surface area contributed by atoms with Crippen molar-refractivity contribution in [2.24, 2.45) is 5.92 Å². The molecule has 1 aromatic rings. The van der Waals surface area contributed by atoms with E-state index in [4.69, 9.17) is 0 Å². The molecule has 1 aromatic heterocycles. The lowest BCUT2D eigenvalue weighted by atomic mass is 10.1. The van der Waals surface area contributed by atoms with Gasteiger partial charge >= 0.3 is 0 Å². The van der Waals surface area contributed by atoms with Gasteiger partial charge in [-0.05, 0) is 37.3 Å². The smallest absolute Gasteiger partial charge is 0.146 e. The van der Waals surface area contributed by atoms with Crippen LogP contribution in [-0.2, 0) is 0 Å². The molecule has 0 amide bonds. The zero-order chi connectivity index (χ0) is 13.2. The normalized spacial score (nSPS) is 20.3. The van der Waals surface area contributed by atoms with Gasteiger partial charge in [-0.3, -0.25) is 4.90 Å². The second kappa shape index (κ2) is 5.18. The fourth-order valence-corrected chi connectivity index (χ4v) is 2.73. The largest absolute Gasteiger partial charge is 0.353 e. The van der Waals surface area contributed by atoms with Gasteiger partial charge in [0.25, 0.3) is 0 Å². The van der Waals surface area contributed by atoms with E-state index in [1.165, 1.54) is 19.4 Å². The maximum absolute atomic E-state index is 9.28. The minimum atomic E-state index is 0.734. The molecule has 4 heteroatoms. The van der Waals surface area contributed by atoms with Crippen molar-refractivity contribution in [3.05, 3.63) is 23.4 Å². The molecule has 1 aliphatic heterocycles. The van der Waals surface area contributed by atoms with Gasteiger partial charge < -0.3 is 4.90 Å². The second-order valence-electron chi connectivity index (χ2n) is 5.67. The van der Waals surface area contributed by atoms with E-state index in [0.29, 0.717) is 0 Å². The van der Waals surface area contributed by atoms with Gasteiger partial charge in [0.15, 0.2) is 0 Å². The summed E-state index contributed by atoms with van der Waals surface area (Å²) in [5.74, 6) is 1.83. The van der Waals surface area contributed by atoms with Crippen LogP contribution in [0.3, 0.4) is 0 Å². The van der Waals surface area contributed by atoms with Crippen LogP contribution in [-0.4, -0.2) is 42.6 Å². The van der Waals surface area contributed by atoms with Gasteiger partial charge in [0, 0.05) is 38.9 Å². The lowest BCUT2D eigenvalue weighted by Crippen LogP contribution is -2.47. The summed E-state index contributed by atoms with van der Waals surface area (Å²) in [5.41, 5.74) is 1.76. The Balaban J connectivity index is 1.67. The SMILES string of the molecule is Cc1ccnc(N2CCN(CC3CC3)CC2)c1C#N. The fourth-order valence-electron chi connectivity index (χ4n) is 2.73. The van der Waals surface area contributed by atoms with Gasteiger partial charge in [0.2, 0.25) is 0 Å². The minimum absolute atomic E-state index is 0.734. The van der Waals surface area contributed by atoms with E-state index in [0.717, 1.165) is 49.0 Å². The Morgan fingerprint density at radius 2 is 2.05 bits per heavy atom. The Labute approximate surface area is 114 Å². The summed E-state index contributed by atoms with van der Waals surface area (Å²) in [7, 11) is 0. The van der Waals surface area contributed by atoms with Crippen molar-refractivity contribution in [1.29, 1.82) is 5.26 Å². The van der Waals surface area contributed by atoms with Crippen LogP contribution >= 0.6 is 0 Å². The first-order valence-corrected chi connectivity index (χ1v) is 7.11. The third-order valence-electron chi connectivity index (χ3n) is 4.14. The third kappa shape index (κ3) is 2.71. The molecule has 2 heterocycles. The monoisotopic (exact) mass is 256 g/mol. The molecule has 0 spiro atoms. The summed E-state index contributed by atoms with van der Waals surface area (Å²) in [4.78, 5) is 9.23. The van der Waals surface area contributed by atoms with Gasteiger partial charge in [0.05, 0.1) is 5.56 Å². The second-order valence-corrected chi connectivity index (χ2v) is 5.67. The molecular weight excluding hydrogens is 236 g/mol. The fraction of sp³-hybridized carbons (Fsp3) is 0.600.